The highest BCUT2D eigenvalue weighted by molar-refractivity contribution is 6.13. The summed E-state index contributed by atoms with van der Waals surface area (Å²) in [6.07, 6.45) is -29.7. The van der Waals surface area contributed by atoms with E-state index < -0.39 is 436 Å². The molecule has 758 valence electrons. The molecule has 0 bridgehead atoms. The molecule has 0 spiro atoms. The van der Waals surface area contributed by atoms with Crippen molar-refractivity contribution in [1.29, 1.82) is 0 Å². The molecule has 0 unspecified atom stereocenters. The number of esters is 10. The first kappa shape index (κ1) is 98.0. The molecular weight excluding hydrogens is 1980 g/mol. The van der Waals surface area contributed by atoms with Crippen molar-refractivity contribution < 1.29 is 282 Å². The number of carboxylic acid groups (broad SMARTS) is 1. The summed E-state index contributed by atoms with van der Waals surface area (Å²) in [6.45, 7) is -3.30. The summed E-state index contributed by atoms with van der Waals surface area (Å²) < 4.78 is 80.4. The van der Waals surface area contributed by atoms with Gasteiger partial charge in [-0.05, 0) is 60.7 Å². The molecule has 0 saturated carbocycles. The quantitative estimate of drug-likeness (QED) is 0.0401. The number of hydrogen-bond donors (Lipinski definition) is 32. The largest absolute Gasteiger partial charge is 0.504 e. The average Bonchev–Trinajstić information content (AvgIpc) is 1.06. The number of aromatic hydroxyl groups is 31. The van der Waals surface area contributed by atoms with Crippen LogP contribution in [-0.2, 0) is 56.8 Å². The molecule has 11 aromatic carbocycles. The molecule has 2 fully saturated rings. The lowest BCUT2D eigenvalue weighted by Crippen LogP contribution is -2.63. The maximum Gasteiger partial charge on any atom is 0.342 e. The van der Waals surface area contributed by atoms with Gasteiger partial charge in [0.15, 0.2) is 168 Å². The summed E-state index contributed by atoms with van der Waals surface area (Å²) in [5, 5.41) is 354. The first-order chi connectivity index (χ1) is 68.7. The lowest BCUT2D eigenvalue weighted by atomic mass is 9.90. The first-order valence-corrected chi connectivity index (χ1v) is 40.2. The summed E-state index contributed by atoms with van der Waals surface area (Å²) in [5.41, 5.74) is -23.5. The predicted octanol–water partition coefficient (Wildman–Crippen LogP) is 4.62. The van der Waals surface area contributed by atoms with E-state index in [0.29, 0.717) is 42.5 Å². The van der Waals surface area contributed by atoms with Crippen LogP contribution in [0.25, 0.3) is 33.4 Å². The Morgan fingerprint density at radius 1 is 0.267 bits per heavy atom. The van der Waals surface area contributed by atoms with Crippen LogP contribution in [0.4, 0.5) is 0 Å². The van der Waals surface area contributed by atoms with E-state index in [2.05, 4.69) is 0 Å². The van der Waals surface area contributed by atoms with Crippen molar-refractivity contribution >= 4 is 65.7 Å². The van der Waals surface area contributed by atoms with Crippen molar-refractivity contribution in [3.05, 3.63) is 146 Å². The molecule has 0 aromatic heterocycles. The number of carbonyl (C=O) groups is 11. The summed E-state index contributed by atoms with van der Waals surface area (Å²) >= 11 is 0. The predicted molar refractivity (Wildman–Crippen MR) is 450 cm³/mol. The van der Waals surface area contributed by atoms with E-state index in [4.69, 9.17) is 66.3 Å². The van der Waals surface area contributed by atoms with Crippen LogP contribution in [0.2, 0.25) is 0 Å². The molecule has 2 saturated heterocycles. The van der Waals surface area contributed by atoms with Crippen LogP contribution in [0.3, 0.4) is 0 Å². The second-order valence-electron chi connectivity index (χ2n) is 31.4. The zero-order chi connectivity index (χ0) is 106. The van der Waals surface area contributed by atoms with Gasteiger partial charge >= 0.3 is 65.7 Å². The fourth-order valence-corrected chi connectivity index (χ4v) is 15.6. The third-order valence-corrected chi connectivity index (χ3v) is 22.6. The molecule has 5 aliphatic heterocycles. The number of phenolic OH excluding ortho intramolecular Hbond substituents is 31. The minimum Gasteiger partial charge on any atom is -0.504 e. The van der Waals surface area contributed by atoms with Crippen LogP contribution < -0.4 is 9.47 Å². The van der Waals surface area contributed by atoms with Crippen LogP contribution >= 0.6 is 0 Å². The highest BCUT2D eigenvalue weighted by Crippen LogP contribution is 2.61. The van der Waals surface area contributed by atoms with Gasteiger partial charge < -0.3 is 230 Å². The van der Waals surface area contributed by atoms with Crippen LogP contribution in [0.15, 0.2) is 84.9 Å². The third-order valence-electron chi connectivity index (χ3n) is 22.6. The molecular formula is C89H60O57. The van der Waals surface area contributed by atoms with Gasteiger partial charge in [0.05, 0.1) is 50.1 Å². The highest BCUT2D eigenvalue weighted by Gasteiger charge is 2.59. The topological polar surface area (TPSA) is 964 Å². The Kier molecular flexibility index (Phi) is 24.2. The highest BCUT2D eigenvalue weighted by atomic mass is 16.8. The standard InChI is InChI=1S/C89H60O57/c90-28-1-17(2-29(91)50(28)102)78(123)133-15-42-72(74-75(88(137-42)145-79(124)18-3-30(92)51(103)31(93)4-18)143-84(129)23-10-37(99)56(108)64(116)47(23)48-24(85(130)142-74)13-40(59(111)65(48)117)135-69-26(77(121)122)11-38(100)57(109)67(69)119)140-87(132)27-12-39(101)58(110)68(120)70(27)136-41-14-25-49(66(118)60(41)112)46-22(9-36(98)55(107)63(46)115)83(128)141-73-71-43(138-89(76(73)144-86(25)131)146-80(125)19-5-32(94)52(104)33(95)6-19)16-134-81(126)20-7-34(96)53(105)61(113)44(20)45-21(82(127)139-71)8-35(97)54(106)62(45)114/h1-14,42-43,71-76,88-120H,15-16H2,(H,121,122)/t42-,43-,71-,72-,73+,74+,75-,76-,88+,89+/m1/s1. The smallest absolute Gasteiger partial charge is 0.342 e. The number of cyclic esters (lactones) is 1. The maximum atomic E-state index is 16.0. The van der Waals surface area contributed by atoms with Crippen LogP contribution in [-0.4, -0.2) is 304 Å². The fourth-order valence-electron chi connectivity index (χ4n) is 15.6. The van der Waals surface area contributed by atoms with Gasteiger partial charge in [-0.2, -0.15) is 0 Å². The molecule has 57 heteroatoms. The van der Waals surface area contributed by atoms with Gasteiger partial charge in [0.2, 0.25) is 82.3 Å². The Balaban J connectivity index is 0.867. The normalized spacial score (nSPS) is 18.8. The number of fused-ring (bicyclic) bond motifs is 13. The van der Waals surface area contributed by atoms with Crippen molar-refractivity contribution in [3.8, 4) is 235 Å². The van der Waals surface area contributed by atoms with Gasteiger partial charge in [0, 0.05) is 57.6 Å². The second-order valence-corrected chi connectivity index (χ2v) is 31.4. The summed E-state index contributed by atoms with van der Waals surface area (Å²) in [6, 6.07) is 3.62. The number of phenols is 31. The summed E-state index contributed by atoms with van der Waals surface area (Å²) in [5.74, 6) is -78.8. The van der Waals surface area contributed by atoms with Gasteiger partial charge in [0.1, 0.15) is 36.5 Å². The van der Waals surface area contributed by atoms with E-state index in [9.17, 15) is 187 Å². The molecule has 5 aliphatic rings. The third kappa shape index (κ3) is 16.5. The Morgan fingerprint density at radius 3 is 0.918 bits per heavy atom. The van der Waals surface area contributed by atoms with Gasteiger partial charge in [-0.15, -0.1) is 0 Å². The molecule has 0 radical (unpaired) electrons. The lowest BCUT2D eigenvalue weighted by molar-refractivity contribution is -0.283. The number of carbonyl (C=O) groups excluding carboxylic acids is 10. The van der Waals surface area contributed by atoms with E-state index in [-0.39, 0.29) is 42.5 Å². The number of ether oxygens (including phenoxy) is 14. The van der Waals surface area contributed by atoms with Crippen molar-refractivity contribution in [3.63, 3.8) is 0 Å². The molecule has 0 aliphatic carbocycles. The number of benzene rings is 11. The zero-order valence-electron chi connectivity index (χ0n) is 71.3. The molecule has 146 heavy (non-hydrogen) atoms. The fraction of sp³-hybridized carbons (Fsp3) is 0.135. The SMILES string of the molecule is O=C(OC[C@H]1O[C@@H](OC(=O)c2cc(O)c(O)c(O)c2)[C@@H]2OC(=O)c3cc(O)c(O)c(O)c3-c3c(cc(Oc4c(C(=O)O)cc(O)c(O)c4O)c(O)c3O)C(=O)O[C@H]2[C@@H]1OC(=O)c1cc(O)c(O)c(O)c1Oc1cc2c(c(O)c1O)-c1c(cc(O)c(O)c1O)C(=O)O[C@@H]1[C@@H](OC2=O)[C@H](OC(=O)c2cc(O)c(O)c(O)c2)O[C@@H]2COC(=O)c3cc(O)c(O)c(O)c3-c3c(cc(O)c(O)c3O)C(=O)O[C@@H]12)c1cc(O)c(O)c(O)c1. The van der Waals surface area contributed by atoms with Gasteiger partial charge in [-0.1, -0.05) is 0 Å². The van der Waals surface area contributed by atoms with Crippen molar-refractivity contribution in [2.24, 2.45) is 0 Å². The summed E-state index contributed by atoms with van der Waals surface area (Å²) in [7, 11) is 0. The Bertz CT molecular complexity index is 7550. The Morgan fingerprint density at radius 2 is 0.548 bits per heavy atom. The van der Waals surface area contributed by atoms with E-state index in [1.165, 1.54) is 0 Å². The van der Waals surface area contributed by atoms with E-state index >= 15 is 28.8 Å². The van der Waals surface area contributed by atoms with Gasteiger partial charge in [-0.3, -0.25) is 0 Å². The summed E-state index contributed by atoms with van der Waals surface area (Å²) in [4.78, 5) is 164. The first-order valence-electron chi connectivity index (χ1n) is 40.2. The van der Waals surface area contributed by atoms with Crippen molar-refractivity contribution in [2.75, 3.05) is 13.2 Å². The lowest BCUT2D eigenvalue weighted by Gasteiger charge is -2.44. The Hall–Kier alpha value is -21.1. The number of hydrogen-bond acceptors (Lipinski definition) is 56. The van der Waals surface area contributed by atoms with Gasteiger partial charge in [-0.25, -0.2) is 52.7 Å². The Labute approximate surface area is 800 Å². The molecule has 0 amide bonds. The van der Waals surface area contributed by atoms with E-state index in [1.807, 2.05) is 0 Å². The van der Waals surface area contributed by atoms with Crippen LogP contribution in [0, 0.1) is 0 Å². The number of carboxylic acids is 1. The number of rotatable bonds is 14. The molecule has 57 nitrogen and oxygen atoms in total. The van der Waals surface area contributed by atoms with Gasteiger partial charge in [0.25, 0.3) is 0 Å². The molecule has 32 N–H and O–H groups in total. The average molecular weight is 2040 g/mol. The number of aromatic carboxylic acids is 1. The minimum atomic E-state index is -3.21. The second kappa shape index (κ2) is 36.0. The molecule has 10 atom stereocenters. The van der Waals surface area contributed by atoms with E-state index in [0.717, 1.165) is 0 Å². The van der Waals surface area contributed by atoms with Crippen LogP contribution in [0.1, 0.15) is 114 Å². The maximum absolute atomic E-state index is 16.0. The van der Waals surface area contributed by atoms with Crippen molar-refractivity contribution in [2.45, 2.75) is 61.4 Å². The van der Waals surface area contributed by atoms with Crippen LogP contribution in [0.5, 0.6) is 201 Å². The monoisotopic (exact) mass is 2040 g/mol. The molecule has 16 rings (SSSR count). The van der Waals surface area contributed by atoms with E-state index in [1.54, 1.807) is 0 Å². The zero-order valence-corrected chi connectivity index (χ0v) is 71.3. The van der Waals surface area contributed by atoms with Crippen molar-refractivity contribution in [1.82, 2.24) is 0 Å². The molecule has 5 heterocycles. The minimum absolute atomic E-state index is 0.000246. The molecule has 11 aromatic rings.